The number of rotatable bonds is 14. The lowest BCUT2D eigenvalue weighted by atomic mass is 10.0. The van der Waals surface area contributed by atoms with Gasteiger partial charge in [0.25, 0.3) is 0 Å². The number of fused-ring (bicyclic) bond motifs is 19. The van der Waals surface area contributed by atoms with Crippen molar-refractivity contribution in [2.45, 2.75) is 0 Å². The van der Waals surface area contributed by atoms with Crippen LogP contribution in [-0.4, -0.2) is 62.7 Å². The summed E-state index contributed by atoms with van der Waals surface area (Å²) in [6, 6.07) is 181. The van der Waals surface area contributed by atoms with Crippen molar-refractivity contribution >= 4 is 151 Å². The van der Waals surface area contributed by atoms with Gasteiger partial charge in [0.2, 0.25) is 11.9 Å². The minimum atomic E-state index is 0.590. The first-order valence-electron chi connectivity index (χ1n) is 49.8. The maximum Gasteiger partial charge on any atom is 0.238 e. The van der Waals surface area contributed by atoms with Crippen LogP contribution in [0, 0.1) is 0 Å². The molecule has 0 amide bonds. The highest BCUT2D eigenvalue weighted by Gasteiger charge is 2.26. The lowest BCUT2D eigenvalue weighted by Gasteiger charge is -2.12. The maximum absolute atomic E-state index is 5.23. The molecule has 0 fully saturated rings. The molecule has 0 saturated carbocycles. The molecule has 21 aromatic carbocycles. The monoisotopic (exact) mass is 1910 g/mol. The van der Waals surface area contributed by atoms with Gasteiger partial charge in [0.05, 0.1) is 66.4 Å². The van der Waals surface area contributed by atoms with Gasteiger partial charge in [-0.3, -0.25) is 9.13 Å². The summed E-state index contributed by atoms with van der Waals surface area (Å²) in [5.74, 6) is 4.49. The van der Waals surface area contributed by atoms with Gasteiger partial charge in [-0.1, -0.05) is 364 Å². The third-order valence-corrected chi connectivity index (χ3v) is 29.8. The molecule has 30 aromatic rings. The standard InChI is InChI=1S/C45H29N5.C45H28N4S.C44H28N4/c1-4-14-30(15-5-1)43-46-44(31-16-6-2-7-17-31)48-45(47-43)50-40-23-13-11-21-36(40)38-29-33(25-27-42(38)50)32-24-26-41-37(28-32)35-20-10-12-22-39(35)49(41)34-18-8-3-9-19-34;1-3-12-29(13-4-1)43-46-44(30-14-5-2-6-15-30)48-45(47-43)31-22-25-33(26-23-31)49-39-20-9-7-16-35(39)38-28-32(24-27-40(38)49)34-18-11-19-37-36-17-8-10-21-41(36)50-42(34)37;1-3-13-29(14-4-1)43-35-19-7-10-20-38(35)45-44(46-43)48-40-22-12-9-18-34(40)37-28-31(24-26-42(37)48)30-23-25-41-36(27-30)33-17-8-11-21-39(33)47(41)32-15-5-2-6-16-32/h1-29H;1-28H;1-28H. The highest BCUT2D eigenvalue weighted by atomic mass is 32.1. The van der Waals surface area contributed by atoms with Crippen molar-refractivity contribution in [3.63, 3.8) is 0 Å². The van der Waals surface area contributed by atoms with Crippen LogP contribution in [-0.2, 0) is 0 Å². The summed E-state index contributed by atoms with van der Waals surface area (Å²) in [5, 5.41) is 15.7. The number of thiophene rings is 1. The Morgan fingerprint density at radius 1 is 0.149 bits per heavy atom. The van der Waals surface area contributed by atoms with Crippen LogP contribution in [0.2, 0.25) is 0 Å². The summed E-state index contributed by atoms with van der Waals surface area (Å²) in [7, 11) is 0. The van der Waals surface area contributed by atoms with Crippen LogP contribution >= 0.6 is 11.3 Å². The summed E-state index contributed by atoms with van der Waals surface area (Å²) < 4.78 is 14.1. The first-order chi connectivity index (χ1) is 73.4. The summed E-state index contributed by atoms with van der Waals surface area (Å²) in [4.78, 5) is 40.2. The second-order valence-corrected chi connectivity index (χ2v) is 38.3. The molecule has 9 aromatic heterocycles. The van der Waals surface area contributed by atoms with Crippen molar-refractivity contribution in [1.82, 2.24) is 62.7 Å². The molecule has 148 heavy (non-hydrogen) atoms. The Labute approximate surface area is 854 Å². The average molecular weight is 1910 g/mol. The van der Waals surface area contributed by atoms with Gasteiger partial charge >= 0.3 is 0 Å². The van der Waals surface area contributed by atoms with E-state index in [2.05, 4.69) is 405 Å². The van der Waals surface area contributed by atoms with Gasteiger partial charge in [-0.25, -0.2) is 29.9 Å². The molecular weight excluding hydrogens is 1820 g/mol. The molecule has 0 aliphatic heterocycles. The number of aromatic nitrogens is 13. The van der Waals surface area contributed by atoms with Crippen molar-refractivity contribution in [1.29, 1.82) is 0 Å². The Morgan fingerprint density at radius 2 is 0.412 bits per heavy atom. The second-order valence-electron chi connectivity index (χ2n) is 37.2. The second kappa shape index (κ2) is 36.3. The van der Waals surface area contributed by atoms with Crippen LogP contribution in [0.1, 0.15) is 0 Å². The molecule has 0 bridgehead atoms. The summed E-state index contributed by atoms with van der Waals surface area (Å²) >= 11 is 1.87. The van der Waals surface area contributed by atoms with E-state index in [1.54, 1.807) is 0 Å². The molecule has 0 N–H and O–H groups in total. The average Bonchev–Trinajstić information content (AvgIpc) is 1.58. The molecule has 0 spiro atoms. The Morgan fingerprint density at radius 3 is 0.804 bits per heavy atom. The summed E-state index contributed by atoms with van der Waals surface area (Å²) in [6.07, 6.45) is 0. The predicted molar refractivity (Wildman–Crippen MR) is 613 cm³/mol. The molecule has 30 rings (SSSR count). The quantitative estimate of drug-likeness (QED) is 0.105. The largest absolute Gasteiger partial charge is 0.309 e. The molecule has 0 saturated heterocycles. The lowest BCUT2D eigenvalue weighted by Crippen LogP contribution is -2.06. The molecule has 692 valence electrons. The Kier molecular flexibility index (Phi) is 21.1. The number of nitrogens with zero attached hydrogens (tertiary/aromatic N) is 13. The predicted octanol–water partition coefficient (Wildman–Crippen LogP) is 34.2. The van der Waals surface area contributed by atoms with E-state index in [0.717, 1.165) is 105 Å². The van der Waals surface area contributed by atoms with Gasteiger partial charge < -0.3 is 13.7 Å². The van der Waals surface area contributed by atoms with E-state index < -0.39 is 0 Å². The lowest BCUT2D eigenvalue weighted by molar-refractivity contribution is 0.953. The first-order valence-corrected chi connectivity index (χ1v) is 50.6. The van der Waals surface area contributed by atoms with E-state index in [4.69, 9.17) is 39.9 Å². The highest BCUT2D eigenvalue weighted by Crippen LogP contribution is 2.47. The van der Waals surface area contributed by atoms with Crippen molar-refractivity contribution < 1.29 is 0 Å². The number of benzene rings is 21. The number of para-hydroxylation sites is 8. The zero-order valence-electron chi connectivity index (χ0n) is 79.8. The number of hydrogen-bond acceptors (Lipinski definition) is 9. The first kappa shape index (κ1) is 86.1. The van der Waals surface area contributed by atoms with E-state index in [1.165, 1.54) is 124 Å². The normalized spacial score (nSPS) is 11.6. The van der Waals surface area contributed by atoms with Gasteiger partial charge in [0, 0.05) is 130 Å². The zero-order chi connectivity index (χ0) is 97.6. The smallest absolute Gasteiger partial charge is 0.238 e. The fourth-order valence-electron chi connectivity index (χ4n) is 21.7. The molecule has 0 aliphatic rings. The Hall–Kier alpha value is -19.8. The molecule has 13 nitrogen and oxygen atoms in total. The maximum atomic E-state index is 5.23. The Bertz CT molecular complexity index is 10300. The zero-order valence-corrected chi connectivity index (χ0v) is 80.6. The molecule has 0 aliphatic carbocycles. The molecule has 9 heterocycles. The highest BCUT2D eigenvalue weighted by molar-refractivity contribution is 7.26. The van der Waals surface area contributed by atoms with Crippen LogP contribution in [0.25, 0.3) is 271 Å². The fourth-order valence-corrected chi connectivity index (χ4v) is 23.0. The van der Waals surface area contributed by atoms with Crippen LogP contribution in [0.15, 0.2) is 516 Å². The van der Waals surface area contributed by atoms with E-state index in [0.29, 0.717) is 41.0 Å². The van der Waals surface area contributed by atoms with E-state index >= 15 is 0 Å². The topological polar surface area (TPSA) is 128 Å². The number of hydrogen-bond donors (Lipinski definition) is 0. The van der Waals surface area contributed by atoms with Gasteiger partial charge in [-0.05, 0) is 185 Å². The molecule has 0 atom stereocenters. The van der Waals surface area contributed by atoms with Crippen LogP contribution in [0.3, 0.4) is 0 Å². The van der Waals surface area contributed by atoms with Gasteiger partial charge in [-0.2, -0.15) is 9.97 Å². The van der Waals surface area contributed by atoms with Crippen LogP contribution in [0.5, 0.6) is 0 Å². The SMILES string of the molecule is c1ccc(-c2nc(-c3ccccc3)nc(-c3ccc(-n4c5ccccc5c5cc(-c6cccc7c6sc6ccccc67)ccc54)cc3)n2)cc1.c1ccc(-c2nc(-c3ccccc3)nc(-n3c4ccccc4c4cc(-c5ccc6c(c5)c5ccccc5n6-c5ccccc5)ccc43)n2)cc1.c1ccc(-c2nc(-n3c4ccccc4c4cc(-c5ccc6c(c5)c5ccccc5n6-c5ccccc5)ccc43)nc3ccccc23)cc1. The van der Waals surface area contributed by atoms with Crippen LogP contribution < -0.4 is 0 Å². The van der Waals surface area contributed by atoms with Crippen molar-refractivity contribution in [3.05, 3.63) is 516 Å². The molecule has 0 radical (unpaired) electrons. The molecular formula is C134H85N13S. The van der Waals surface area contributed by atoms with Gasteiger partial charge in [0.1, 0.15) is 0 Å². The minimum absolute atomic E-state index is 0.590. The van der Waals surface area contributed by atoms with Crippen molar-refractivity contribution in [2.24, 2.45) is 0 Å². The van der Waals surface area contributed by atoms with E-state index in [-0.39, 0.29) is 0 Å². The van der Waals surface area contributed by atoms with E-state index in [1.807, 2.05) is 145 Å². The third kappa shape index (κ3) is 15.1. The molecule has 0 unspecified atom stereocenters. The van der Waals surface area contributed by atoms with Crippen molar-refractivity contribution in [3.8, 4) is 131 Å². The van der Waals surface area contributed by atoms with E-state index in [9.17, 15) is 0 Å². The summed E-state index contributed by atoms with van der Waals surface area (Å²) in [6.45, 7) is 0. The minimum Gasteiger partial charge on any atom is -0.309 e. The molecule has 14 heteroatoms. The Balaban J connectivity index is 0.000000107. The van der Waals surface area contributed by atoms with Crippen molar-refractivity contribution in [2.75, 3.05) is 0 Å². The summed E-state index contributed by atoms with van der Waals surface area (Å²) in [5.41, 5.74) is 29.7. The van der Waals surface area contributed by atoms with Gasteiger partial charge in [0.15, 0.2) is 29.1 Å². The fraction of sp³-hybridized carbons (Fsp3) is 0. The third-order valence-electron chi connectivity index (χ3n) is 28.6. The van der Waals surface area contributed by atoms with Gasteiger partial charge in [-0.15, -0.1) is 11.3 Å². The van der Waals surface area contributed by atoms with Crippen LogP contribution in [0.4, 0.5) is 0 Å².